The molecular weight excluding hydrogens is 196 g/mol. The summed E-state index contributed by atoms with van der Waals surface area (Å²) >= 11 is 0. The fourth-order valence-corrected chi connectivity index (χ4v) is 1.32. The third-order valence-corrected chi connectivity index (χ3v) is 2.05. The van der Waals surface area contributed by atoms with E-state index in [1.165, 1.54) is 12.1 Å². The number of non-ortho nitro benzene ring substituents is 1. The average molecular weight is 204 g/mol. The van der Waals surface area contributed by atoms with Gasteiger partial charge in [-0.3, -0.25) is 10.1 Å². The molecule has 0 aliphatic rings. The van der Waals surface area contributed by atoms with Crippen LogP contribution in [0.1, 0.15) is 5.69 Å². The molecule has 0 saturated heterocycles. The predicted molar refractivity (Wildman–Crippen MR) is 53.2 cm³/mol. The Morgan fingerprint density at radius 2 is 2.20 bits per heavy atom. The summed E-state index contributed by atoms with van der Waals surface area (Å²) in [5.74, 6) is 0. The minimum Gasteiger partial charge on any atom is -0.258 e. The highest BCUT2D eigenvalue weighted by Crippen LogP contribution is 2.23. The summed E-state index contributed by atoms with van der Waals surface area (Å²) in [5, 5.41) is 20.8. The Balaban J connectivity index is 2.50. The van der Waals surface area contributed by atoms with E-state index in [4.69, 9.17) is 0 Å². The van der Waals surface area contributed by atoms with Crippen molar-refractivity contribution in [3.63, 3.8) is 0 Å². The van der Waals surface area contributed by atoms with Gasteiger partial charge in [-0.25, -0.2) is 0 Å². The van der Waals surface area contributed by atoms with E-state index >= 15 is 0 Å². The van der Waals surface area contributed by atoms with Crippen LogP contribution in [-0.2, 0) is 0 Å². The number of benzene rings is 1. The molecule has 0 fully saturated rings. The Morgan fingerprint density at radius 3 is 2.80 bits per heavy atom. The molecule has 15 heavy (non-hydrogen) atoms. The maximum atomic E-state index is 10.6. The van der Waals surface area contributed by atoms with Gasteiger partial charge in [-0.2, -0.15) is 15.4 Å². The molecular formula is C9H8N4O2. The number of aromatic amines is 1. The van der Waals surface area contributed by atoms with E-state index in [9.17, 15) is 10.1 Å². The molecule has 1 aromatic heterocycles. The Hall–Kier alpha value is -2.24. The highest BCUT2D eigenvalue weighted by atomic mass is 16.6. The molecule has 0 radical (unpaired) electrons. The number of H-pyrrole nitrogens is 1. The van der Waals surface area contributed by atoms with E-state index in [1.807, 2.05) is 0 Å². The highest BCUT2D eigenvalue weighted by Gasteiger charge is 2.10. The van der Waals surface area contributed by atoms with Crippen LogP contribution in [0.4, 0.5) is 5.69 Å². The number of rotatable bonds is 2. The molecule has 0 atom stereocenters. The second-order valence-electron chi connectivity index (χ2n) is 3.07. The lowest BCUT2D eigenvalue weighted by Crippen LogP contribution is -1.89. The molecule has 1 heterocycles. The summed E-state index contributed by atoms with van der Waals surface area (Å²) < 4.78 is 0. The van der Waals surface area contributed by atoms with Gasteiger partial charge in [-0.1, -0.05) is 12.1 Å². The van der Waals surface area contributed by atoms with Gasteiger partial charge in [0.25, 0.3) is 5.69 Å². The Bertz CT molecular complexity index is 506. The number of nitro groups is 1. The highest BCUT2D eigenvalue weighted by molar-refractivity contribution is 5.63. The normalized spacial score (nSPS) is 10.2. The third-order valence-electron chi connectivity index (χ3n) is 2.05. The molecule has 0 amide bonds. The van der Waals surface area contributed by atoms with Gasteiger partial charge in [0.15, 0.2) is 0 Å². The lowest BCUT2D eigenvalue weighted by molar-refractivity contribution is -0.384. The van der Waals surface area contributed by atoms with Crippen molar-refractivity contribution >= 4 is 5.69 Å². The molecule has 2 aromatic rings. The molecule has 0 bridgehead atoms. The zero-order valence-electron chi connectivity index (χ0n) is 7.97. The fraction of sp³-hybridized carbons (Fsp3) is 0.111. The Labute approximate surface area is 85.1 Å². The lowest BCUT2D eigenvalue weighted by Gasteiger charge is -1.96. The van der Waals surface area contributed by atoms with E-state index < -0.39 is 4.92 Å². The molecule has 1 aromatic carbocycles. The number of hydrogen-bond donors (Lipinski definition) is 1. The largest absolute Gasteiger partial charge is 0.270 e. The zero-order chi connectivity index (χ0) is 10.8. The van der Waals surface area contributed by atoms with Crippen LogP contribution in [-0.4, -0.2) is 20.3 Å². The number of nitrogens with one attached hydrogen (secondary N) is 1. The monoisotopic (exact) mass is 204 g/mol. The van der Waals surface area contributed by atoms with Crippen molar-refractivity contribution in [1.82, 2.24) is 15.4 Å². The molecule has 0 spiro atoms. The fourth-order valence-electron chi connectivity index (χ4n) is 1.32. The van der Waals surface area contributed by atoms with Gasteiger partial charge in [0.1, 0.15) is 5.69 Å². The van der Waals surface area contributed by atoms with Crippen LogP contribution in [0.2, 0.25) is 0 Å². The van der Waals surface area contributed by atoms with Crippen LogP contribution in [0.25, 0.3) is 11.3 Å². The zero-order valence-corrected chi connectivity index (χ0v) is 7.97. The van der Waals surface area contributed by atoms with Gasteiger partial charge in [-0.05, 0) is 6.92 Å². The van der Waals surface area contributed by atoms with Crippen molar-refractivity contribution in [3.05, 3.63) is 40.1 Å². The van der Waals surface area contributed by atoms with Gasteiger partial charge in [0, 0.05) is 17.7 Å². The molecule has 76 valence electrons. The van der Waals surface area contributed by atoms with E-state index in [-0.39, 0.29) is 5.69 Å². The van der Waals surface area contributed by atoms with Crippen LogP contribution in [0, 0.1) is 17.0 Å². The Kier molecular flexibility index (Phi) is 2.17. The maximum absolute atomic E-state index is 10.6. The van der Waals surface area contributed by atoms with Crippen molar-refractivity contribution < 1.29 is 4.92 Å². The number of hydrogen-bond acceptors (Lipinski definition) is 4. The third kappa shape index (κ3) is 1.69. The smallest absolute Gasteiger partial charge is 0.258 e. The second kappa shape index (κ2) is 3.49. The van der Waals surface area contributed by atoms with Gasteiger partial charge >= 0.3 is 0 Å². The number of aromatic nitrogens is 3. The van der Waals surface area contributed by atoms with Gasteiger partial charge in [-0.15, -0.1) is 0 Å². The predicted octanol–water partition coefficient (Wildman–Crippen LogP) is 1.69. The number of aryl methyl sites for hydroxylation is 1. The molecule has 0 aliphatic carbocycles. The number of nitro benzene ring substituents is 1. The Morgan fingerprint density at radius 1 is 1.40 bits per heavy atom. The average Bonchev–Trinajstić information content (AvgIpc) is 2.64. The first-order valence-electron chi connectivity index (χ1n) is 4.30. The van der Waals surface area contributed by atoms with E-state index in [1.54, 1.807) is 19.1 Å². The van der Waals surface area contributed by atoms with Crippen LogP contribution in [0.5, 0.6) is 0 Å². The molecule has 0 saturated carbocycles. The molecule has 0 aliphatic heterocycles. The summed E-state index contributed by atoms with van der Waals surface area (Å²) in [6, 6.07) is 6.31. The summed E-state index contributed by atoms with van der Waals surface area (Å²) in [7, 11) is 0. The van der Waals surface area contributed by atoms with Crippen LogP contribution >= 0.6 is 0 Å². The standard InChI is InChI=1S/C9H8N4O2/c1-6-9(11-12-10-6)7-3-2-4-8(5-7)13(14)15/h2-5H,1H3,(H,10,11,12). The van der Waals surface area contributed by atoms with Crippen molar-refractivity contribution in [2.45, 2.75) is 6.92 Å². The van der Waals surface area contributed by atoms with E-state index in [0.29, 0.717) is 11.3 Å². The first-order valence-corrected chi connectivity index (χ1v) is 4.30. The van der Waals surface area contributed by atoms with Gasteiger partial charge in [0.05, 0.1) is 10.6 Å². The molecule has 6 heteroatoms. The summed E-state index contributed by atoms with van der Waals surface area (Å²) in [4.78, 5) is 10.1. The quantitative estimate of drug-likeness (QED) is 0.595. The summed E-state index contributed by atoms with van der Waals surface area (Å²) in [6.07, 6.45) is 0. The summed E-state index contributed by atoms with van der Waals surface area (Å²) in [6.45, 7) is 1.79. The van der Waals surface area contributed by atoms with Crippen LogP contribution in [0.15, 0.2) is 24.3 Å². The topological polar surface area (TPSA) is 84.7 Å². The minimum absolute atomic E-state index is 0.0508. The lowest BCUT2D eigenvalue weighted by atomic mass is 10.1. The van der Waals surface area contributed by atoms with Gasteiger partial charge < -0.3 is 0 Å². The SMILES string of the molecule is Cc1n[nH]nc1-c1cccc([N+](=O)[O-])c1. The van der Waals surface area contributed by atoms with Crippen molar-refractivity contribution in [3.8, 4) is 11.3 Å². The molecule has 6 nitrogen and oxygen atoms in total. The van der Waals surface area contributed by atoms with Crippen LogP contribution in [0.3, 0.4) is 0 Å². The molecule has 2 rings (SSSR count). The second-order valence-corrected chi connectivity index (χ2v) is 3.07. The van der Waals surface area contributed by atoms with Crippen LogP contribution < -0.4 is 0 Å². The van der Waals surface area contributed by atoms with E-state index in [2.05, 4.69) is 15.4 Å². The van der Waals surface area contributed by atoms with E-state index in [0.717, 1.165) is 5.69 Å². The van der Waals surface area contributed by atoms with Gasteiger partial charge in [0.2, 0.25) is 0 Å². The molecule has 0 unspecified atom stereocenters. The first-order chi connectivity index (χ1) is 7.18. The minimum atomic E-state index is -0.432. The maximum Gasteiger partial charge on any atom is 0.270 e. The summed E-state index contributed by atoms with van der Waals surface area (Å²) in [5.41, 5.74) is 2.10. The van der Waals surface area contributed by atoms with Crippen molar-refractivity contribution in [1.29, 1.82) is 0 Å². The van der Waals surface area contributed by atoms with Crippen molar-refractivity contribution in [2.75, 3.05) is 0 Å². The van der Waals surface area contributed by atoms with Crippen molar-refractivity contribution in [2.24, 2.45) is 0 Å². The first kappa shape index (κ1) is 9.32. The number of nitrogens with zero attached hydrogens (tertiary/aromatic N) is 3. The molecule has 1 N–H and O–H groups in total.